The first kappa shape index (κ1) is 13.7. The molecule has 0 heterocycles. The lowest BCUT2D eigenvalue weighted by Gasteiger charge is -2.20. The summed E-state index contributed by atoms with van der Waals surface area (Å²) in [5, 5.41) is 11.1. The Hall–Kier alpha value is -1.68. The number of allylic oxidation sites excluding steroid dienone is 1. The van der Waals surface area contributed by atoms with E-state index in [9.17, 15) is 9.18 Å². The zero-order valence-corrected chi connectivity index (χ0v) is 11.3. The van der Waals surface area contributed by atoms with E-state index in [-0.39, 0.29) is 10.8 Å². The van der Waals surface area contributed by atoms with E-state index < -0.39 is 5.82 Å². The highest BCUT2D eigenvalue weighted by atomic mass is 35.5. The highest BCUT2D eigenvalue weighted by Gasteiger charge is 2.25. The summed E-state index contributed by atoms with van der Waals surface area (Å²) in [6, 6.07) is 4.01. The summed E-state index contributed by atoms with van der Waals surface area (Å²) >= 11 is 6.02. The van der Waals surface area contributed by atoms with Crippen molar-refractivity contribution in [3.05, 3.63) is 40.2 Å². The van der Waals surface area contributed by atoms with Crippen LogP contribution in [0.4, 0.5) is 4.39 Å². The van der Waals surface area contributed by atoms with E-state index in [1.54, 1.807) is 7.05 Å². The zero-order valence-electron chi connectivity index (χ0n) is 10.5. The van der Waals surface area contributed by atoms with Crippen LogP contribution in [0.15, 0.2) is 23.8 Å². The van der Waals surface area contributed by atoms with Crippen LogP contribution in [0, 0.1) is 11.2 Å². The number of carbonyl (C=O) groups excluding carboxylic acids is 1. The van der Waals surface area contributed by atoms with Gasteiger partial charge < -0.3 is 10.7 Å². The Labute approximate surface area is 116 Å². The van der Waals surface area contributed by atoms with Crippen molar-refractivity contribution in [1.29, 1.82) is 5.41 Å². The Morgan fingerprint density at radius 3 is 2.74 bits per heavy atom. The number of nitrogens with one attached hydrogen (secondary N) is 2. The topological polar surface area (TPSA) is 53.0 Å². The molecule has 0 aliphatic heterocycles. The number of hydrogen-bond donors (Lipinski definition) is 2. The molecule has 1 aliphatic rings. The van der Waals surface area contributed by atoms with Crippen LogP contribution in [-0.2, 0) is 4.79 Å². The zero-order chi connectivity index (χ0) is 14.0. The molecule has 0 unspecified atom stereocenters. The van der Waals surface area contributed by atoms with Gasteiger partial charge >= 0.3 is 0 Å². The predicted molar refractivity (Wildman–Crippen MR) is 74.0 cm³/mol. The third-order valence-corrected chi connectivity index (χ3v) is 3.42. The number of halogens is 2. The average Bonchev–Trinajstić information content (AvgIpc) is 2.35. The summed E-state index contributed by atoms with van der Waals surface area (Å²) in [7, 11) is 1.66. The molecule has 3 nitrogen and oxygen atoms in total. The quantitative estimate of drug-likeness (QED) is 0.818. The number of carbonyl (C=O) groups is 1. The third kappa shape index (κ3) is 2.68. The van der Waals surface area contributed by atoms with Gasteiger partial charge in [-0.15, -0.1) is 0 Å². The predicted octanol–water partition coefficient (Wildman–Crippen LogP) is 3.18. The van der Waals surface area contributed by atoms with E-state index in [0.29, 0.717) is 41.8 Å². The van der Waals surface area contributed by atoms with Gasteiger partial charge in [0, 0.05) is 24.7 Å². The Balaban J connectivity index is 2.60. The monoisotopic (exact) mass is 280 g/mol. The van der Waals surface area contributed by atoms with Crippen LogP contribution in [0.3, 0.4) is 0 Å². The maximum atomic E-state index is 13.1. The highest BCUT2D eigenvalue weighted by Crippen LogP contribution is 2.29. The first-order valence-electron chi connectivity index (χ1n) is 6.03. The number of benzene rings is 1. The molecule has 100 valence electrons. The van der Waals surface area contributed by atoms with Gasteiger partial charge in [0.05, 0.1) is 16.3 Å². The lowest BCUT2D eigenvalue weighted by molar-refractivity contribution is -0.115. The van der Waals surface area contributed by atoms with Crippen LogP contribution in [0.25, 0.3) is 5.70 Å². The molecule has 5 heteroatoms. The van der Waals surface area contributed by atoms with Crippen molar-refractivity contribution in [2.75, 3.05) is 7.05 Å². The molecule has 2 N–H and O–H groups in total. The Morgan fingerprint density at radius 2 is 2.16 bits per heavy atom. The second-order valence-corrected chi connectivity index (χ2v) is 4.79. The molecule has 0 aromatic heterocycles. The molecular formula is C14H14ClFN2O. The average molecular weight is 281 g/mol. The standard InChI is InChI=1S/C14H14ClFN2O/c1-18-14(9-6-5-8(16)7-10(9)15)13-11(17)3-2-4-12(13)19/h5-7,17-18H,2-4H2,1H3/b14-13+,17-11?. The molecule has 0 bridgehead atoms. The second-order valence-electron chi connectivity index (χ2n) is 4.38. The Bertz CT molecular complexity index is 563. The summed E-state index contributed by atoms with van der Waals surface area (Å²) in [4.78, 5) is 12.0. The fourth-order valence-corrected chi connectivity index (χ4v) is 2.48. The lowest BCUT2D eigenvalue weighted by atomic mass is 9.88. The number of ketones is 1. The van der Waals surface area contributed by atoms with Gasteiger partial charge in [0.1, 0.15) is 5.82 Å². The van der Waals surface area contributed by atoms with Crippen molar-refractivity contribution in [2.24, 2.45) is 0 Å². The third-order valence-electron chi connectivity index (χ3n) is 3.11. The van der Waals surface area contributed by atoms with Crippen LogP contribution < -0.4 is 5.32 Å². The summed E-state index contributed by atoms with van der Waals surface area (Å²) in [6.07, 6.45) is 1.71. The highest BCUT2D eigenvalue weighted by molar-refractivity contribution is 6.34. The minimum Gasteiger partial charge on any atom is -0.387 e. The molecule has 1 saturated carbocycles. The minimum absolute atomic E-state index is 0.0685. The molecule has 1 aliphatic carbocycles. The number of Topliss-reactive ketones (excluding diaryl/α,β-unsaturated/α-hetero) is 1. The normalized spacial score (nSPS) is 18.5. The fraction of sp³-hybridized carbons (Fsp3) is 0.286. The van der Waals surface area contributed by atoms with Gasteiger partial charge in [-0.25, -0.2) is 4.39 Å². The van der Waals surface area contributed by atoms with Crippen molar-refractivity contribution >= 4 is 28.8 Å². The maximum absolute atomic E-state index is 13.1. The van der Waals surface area contributed by atoms with Crippen molar-refractivity contribution < 1.29 is 9.18 Å². The van der Waals surface area contributed by atoms with Crippen LogP contribution in [-0.4, -0.2) is 18.5 Å². The van der Waals surface area contributed by atoms with E-state index in [2.05, 4.69) is 5.32 Å². The maximum Gasteiger partial charge on any atom is 0.166 e. The molecule has 0 radical (unpaired) electrons. The summed E-state index contributed by atoms with van der Waals surface area (Å²) < 4.78 is 13.1. The van der Waals surface area contributed by atoms with Crippen LogP contribution in [0.2, 0.25) is 5.02 Å². The van der Waals surface area contributed by atoms with Gasteiger partial charge in [0.15, 0.2) is 5.78 Å². The number of rotatable bonds is 2. The van der Waals surface area contributed by atoms with Gasteiger partial charge in [0.25, 0.3) is 0 Å². The van der Waals surface area contributed by atoms with Crippen molar-refractivity contribution in [3.8, 4) is 0 Å². The molecular weight excluding hydrogens is 267 g/mol. The van der Waals surface area contributed by atoms with E-state index in [0.717, 1.165) is 0 Å². The van der Waals surface area contributed by atoms with Gasteiger partial charge in [-0.2, -0.15) is 0 Å². The van der Waals surface area contributed by atoms with E-state index in [1.165, 1.54) is 18.2 Å². The largest absolute Gasteiger partial charge is 0.387 e. The molecule has 19 heavy (non-hydrogen) atoms. The fourth-order valence-electron chi connectivity index (χ4n) is 2.22. The van der Waals surface area contributed by atoms with E-state index in [1.807, 2.05) is 0 Å². The van der Waals surface area contributed by atoms with Crippen LogP contribution in [0.1, 0.15) is 24.8 Å². The van der Waals surface area contributed by atoms with Crippen molar-refractivity contribution in [3.63, 3.8) is 0 Å². The van der Waals surface area contributed by atoms with Crippen LogP contribution in [0.5, 0.6) is 0 Å². The first-order valence-corrected chi connectivity index (χ1v) is 6.41. The molecule has 1 aromatic rings. The molecule has 1 fully saturated rings. The summed E-state index contributed by atoms with van der Waals surface area (Å²) in [6.45, 7) is 0. The van der Waals surface area contributed by atoms with Gasteiger partial charge in [0.2, 0.25) is 0 Å². The van der Waals surface area contributed by atoms with Gasteiger partial charge in [-0.1, -0.05) is 11.6 Å². The van der Waals surface area contributed by atoms with Crippen LogP contribution >= 0.6 is 11.6 Å². The summed E-state index contributed by atoms with van der Waals surface area (Å²) in [5.41, 5.74) is 1.71. The first-order chi connectivity index (χ1) is 9.04. The van der Waals surface area contributed by atoms with Crippen molar-refractivity contribution in [2.45, 2.75) is 19.3 Å². The Kier molecular flexibility index (Phi) is 4.00. The van der Waals surface area contributed by atoms with E-state index in [4.69, 9.17) is 17.0 Å². The molecule has 0 amide bonds. The molecule has 0 atom stereocenters. The molecule has 1 aromatic carbocycles. The van der Waals surface area contributed by atoms with E-state index >= 15 is 0 Å². The van der Waals surface area contributed by atoms with Crippen molar-refractivity contribution in [1.82, 2.24) is 5.32 Å². The summed E-state index contributed by atoms with van der Waals surface area (Å²) in [5.74, 6) is -0.500. The molecule has 0 spiro atoms. The lowest BCUT2D eigenvalue weighted by Crippen LogP contribution is -2.23. The van der Waals surface area contributed by atoms with Gasteiger partial charge in [-0.05, 0) is 31.0 Å². The number of hydrogen-bond acceptors (Lipinski definition) is 3. The molecule has 0 saturated heterocycles. The SMILES string of the molecule is CN/C(=C1\C(=N)CCCC1=O)c1ccc(F)cc1Cl. The Morgan fingerprint density at radius 1 is 1.42 bits per heavy atom. The smallest absolute Gasteiger partial charge is 0.166 e. The minimum atomic E-state index is -0.431. The second kappa shape index (κ2) is 5.53. The van der Waals surface area contributed by atoms with Gasteiger partial charge in [-0.3, -0.25) is 4.79 Å². The molecule has 2 rings (SSSR count).